The molecule has 1 atom stereocenters. The molecule has 1 spiro atoms. The lowest BCUT2D eigenvalue weighted by Gasteiger charge is -2.47. The Balaban J connectivity index is 1.37. The van der Waals surface area contributed by atoms with E-state index in [-0.39, 0.29) is 23.8 Å². The molecule has 3 fully saturated rings. The van der Waals surface area contributed by atoms with Crippen LogP contribution in [0, 0.1) is 18.3 Å². The lowest BCUT2D eigenvalue weighted by atomic mass is 9.79. The summed E-state index contributed by atoms with van der Waals surface area (Å²) < 4.78 is 0. The van der Waals surface area contributed by atoms with Gasteiger partial charge in [-0.15, -0.1) is 0 Å². The molecule has 1 aromatic carbocycles. The molecule has 0 aliphatic carbocycles. The highest BCUT2D eigenvalue weighted by atomic mass is 16.3. The normalized spacial score (nSPS) is 21.3. The first-order valence-corrected chi connectivity index (χ1v) is 12.8. The Hall–Kier alpha value is -3.46. The van der Waals surface area contributed by atoms with Crippen LogP contribution >= 0.6 is 0 Å². The minimum atomic E-state index is 0.0119. The van der Waals surface area contributed by atoms with Crippen LogP contribution in [0.3, 0.4) is 0 Å². The zero-order valence-corrected chi connectivity index (χ0v) is 20.8. The van der Waals surface area contributed by atoms with Crippen LogP contribution in [0.15, 0.2) is 37.1 Å². The number of aliphatic hydroxyl groups excluding tert-OH is 1. The van der Waals surface area contributed by atoms with E-state index in [0.29, 0.717) is 0 Å². The Morgan fingerprint density at radius 3 is 2.92 bits per heavy atom. The lowest BCUT2D eigenvalue weighted by Crippen LogP contribution is -2.59. The van der Waals surface area contributed by atoms with Crippen molar-refractivity contribution in [1.82, 2.24) is 25.1 Å². The molecule has 9 heteroatoms. The summed E-state index contributed by atoms with van der Waals surface area (Å²) in [6.07, 6.45) is 6.35. The molecule has 9 nitrogen and oxygen atoms in total. The maximum absolute atomic E-state index is 12.0. The van der Waals surface area contributed by atoms with Crippen molar-refractivity contribution in [3.63, 3.8) is 0 Å². The van der Waals surface area contributed by atoms with E-state index in [0.717, 1.165) is 98.0 Å². The summed E-state index contributed by atoms with van der Waals surface area (Å²) in [6.45, 7) is 10.9. The first-order valence-electron chi connectivity index (χ1n) is 12.8. The number of H-pyrrole nitrogens is 1. The number of aromatic amines is 1. The van der Waals surface area contributed by atoms with Crippen LogP contribution in [0.5, 0.6) is 0 Å². The molecule has 3 aromatic rings. The number of amides is 1. The molecule has 6 rings (SSSR count). The van der Waals surface area contributed by atoms with Crippen molar-refractivity contribution in [1.29, 1.82) is 0 Å². The SMILES string of the molecule is C=CC(=O)N1CC2(CCN(c3cc(-c4c(C)ccc5[nH]ncc45)nc(N4CCC[C@@H](CO)C4)n3)C2)C1. The summed E-state index contributed by atoms with van der Waals surface area (Å²) in [5.74, 6) is 1.90. The molecule has 5 heterocycles. The zero-order chi connectivity index (χ0) is 24.9. The van der Waals surface area contributed by atoms with Gasteiger partial charge in [0.2, 0.25) is 11.9 Å². The van der Waals surface area contributed by atoms with Crippen LogP contribution in [-0.4, -0.2) is 82.0 Å². The third-order valence-corrected chi connectivity index (χ3v) is 8.15. The van der Waals surface area contributed by atoms with Gasteiger partial charge < -0.3 is 19.8 Å². The number of hydrogen-bond donors (Lipinski definition) is 2. The van der Waals surface area contributed by atoms with E-state index < -0.39 is 0 Å². The van der Waals surface area contributed by atoms with Gasteiger partial charge >= 0.3 is 0 Å². The third-order valence-electron chi connectivity index (χ3n) is 8.15. The van der Waals surface area contributed by atoms with Crippen LogP contribution in [0.1, 0.15) is 24.8 Å². The average Bonchev–Trinajstić information content (AvgIpc) is 3.55. The Morgan fingerprint density at radius 1 is 1.25 bits per heavy atom. The molecule has 2 N–H and O–H groups in total. The fourth-order valence-electron chi connectivity index (χ4n) is 6.15. The third kappa shape index (κ3) is 3.91. The quantitative estimate of drug-likeness (QED) is 0.534. The standard InChI is InChI=1S/C27H33N7O2/c1-3-24(36)34-16-27(17-34)8-10-33(15-27)23-11-22(25-18(2)6-7-21-20(25)12-28-31-21)29-26(30-23)32-9-4-5-19(13-32)14-35/h3,6-7,11-12,19,35H,1,4-5,8-10,13-17H2,2H3,(H,28,31)/t19-/m1/s1. The van der Waals surface area contributed by atoms with Crippen LogP contribution in [0.25, 0.3) is 22.2 Å². The Kier molecular flexibility index (Phi) is 5.67. The molecule has 3 aliphatic rings. The van der Waals surface area contributed by atoms with E-state index in [1.54, 1.807) is 0 Å². The molecule has 0 saturated carbocycles. The van der Waals surface area contributed by atoms with Gasteiger partial charge in [-0.1, -0.05) is 12.6 Å². The topological polar surface area (TPSA) is 101 Å². The molecule has 1 amide bonds. The molecule has 0 bridgehead atoms. The van der Waals surface area contributed by atoms with Gasteiger partial charge in [-0.25, -0.2) is 4.98 Å². The fourth-order valence-corrected chi connectivity index (χ4v) is 6.15. The average molecular weight is 488 g/mol. The monoisotopic (exact) mass is 487 g/mol. The van der Waals surface area contributed by atoms with E-state index in [1.807, 2.05) is 11.1 Å². The van der Waals surface area contributed by atoms with Crippen molar-refractivity contribution in [2.45, 2.75) is 26.2 Å². The summed E-state index contributed by atoms with van der Waals surface area (Å²) in [4.78, 5) is 28.6. The number of likely N-dealkylation sites (tertiary alicyclic amines) is 1. The zero-order valence-electron chi connectivity index (χ0n) is 20.8. The molecule has 36 heavy (non-hydrogen) atoms. The van der Waals surface area contributed by atoms with E-state index >= 15 is 0 Å². The fraction of sp³-hybridized carbons (Fsp3) is 0.481. The Morgan fingerprint density at radius 2 is 2.11 bits per heavy atom. The summed E-state index contributed by atoms with van der Waals surface area (Å²) in [7, 11) is 0. The minimum absolute atomic E-state index is 0.0119. The number of hydrogen-bond acceptors (Lipinski definition) is 7. The highest BCUT2D eigenvalue weighted by Crippen LogP contribution is 2.42. The molecule has 2 aromatic heterocycles. The second-order valence-corrected chi connectivity index (χ2v) is 10.7. The number of carbonyl (C=O) groups is 1. The predicted molar refractivity (Wildman–Crippen MR) is 140 cm³/mol. The maximum atomic E-state index is 12.0. The van der Waals surface area contributed by atoms with Crippen LogP contribution in [-0.2, 0) is 4.79 Å². The van der Waals surface area contributed by atoms with Gasteiger partial charge in [-0.3, -0.25) is 9.89 Å². The molecular formula is C27H33N7O2. The van der Waals surface area contributed by atoms with Crippen molar-refractivity contribution in [2.75, 3.05) is 55.7 Å². The molecule has 3 saturated heterocycles. The van der Waals surface area contributed by atoms with Crippen molar-refractivity contribution in [3.05, 3.63) is 42.6 Å². The van der Waals surface area contributed by atoms with Gasteiger partial charge in [-0.05, 0) is 49.8 Å². The maximum Gasteiger partial charge on any atom is 0.245 e. The van der Waals surface area contributed by atoms with E-state index in [9.17, 15) is 9.90 Å². The molecular weight excluding hydrogens is 454 g/mol. The van der Waals surface area contributed by atoms with E-state index in [1.165, 1.54) is 6.08 Å². The number of rotatable bonds is 5. The summed E-state index contributed by atoms with van der Waals surface area (Å²) in [5.41, 5.74) is 4.21. The molecule has 188 valence electrons. The first-order chi connectivity index (χ1) is 17.5. The summed E-state index contributed by atoms with van der Waals surface area (Å²) in [5, 5.41) is 18.2. The Bertz CT molecular complexity index is 1310. The predicted octanol–water partition coefficient (Wildman–Crippen LogP) is 2.76. The molecule has 0 radical (unpaired) electrons. The number of aliphatic hydroxyl groups is 1. The van der Waals surface area contributed by atoms with E-state index in [2.05, 4.69) is 51.7 Å². The van der Waals surface area contributed by atoms with Crippen molar-refractivity contribution >= 4 is 28.6 Å². The number of piperidine rings is 1. The number of aromatic nitrogens is 4. The number of anilines is 2. The van der Waals surface area contributed by atoms with Gasteiger partial charge in [0.25, 0.3) is 0 Å². The highest BCUT2D eigenvalue weighted by molar-refractivity contribution is 5.95. The van der Waals surface area contributed by atoms with Crippen LogP contribution in [0.4, 0.5) is 11.8 Å². The Labute approximate surface area is 210 Å². The van der Waals surface area contributed by atoms with Gasteiger partial charge in [-0.2, -0.15) is 10.1 Å². The minimum Gasteiger partial charge on any atom is -0.396 e. The van der Waals surface area contributed by atoms with Gasteiger partial charge in [0.15, 0.2) is 0 Å². The second kappa shape index (κ2) is 8.89. The number of fused-ring (bicyclic) bond motifs is 1. The van der Waals surface area contributed by atoms with Gasteiger partial charge in [0, 0.05) is 68.3 Å². The van der Waals surface area contributed by atoms with Crippen LogP contribution < -0.4 is 9.80 Å². The molecule has 3 aliphatic heterocycles. The second-order valence-electron chi connectivity index (χ2n) is 10.7. The first kappa shape index (κ1) is 23.0. The summed E-state index contributed by atoms with van der Waals surface area (Å²) >= 11 is 0. The van der Waals surface area contributed by atoms with E-state index in [4.69, 9.17) is 9.97 Å². The van der Waals surface area contributed by atoms with Crippen molar-refractivity contribution < 1.29 is 9.90 Å². The lowest BCUT2D eigenvalue weighted by molar-refractivity contribution is -0.136. The number of carbonyl (C=O) groups excluding carboxylic acids is 1. The number of benzene rings is 1. The van der Waals surface area contributed by atoms with Crippen molar-refractivity contribution in [3.8, 4) is 11.3 Å². The number of aryl methyl sites for hydroxylation is 1. The number of nitrogens with zero attached hydrogens (tertiary/aromatic N) is 6. The van der Waals surface area contributed by atoms with Gasteiger partial charge in [0.1, 0.15) is 5.82 Å². The van der Waals surface area contributed by atoms with Gasteiger partial charge in [0.05, 0.1) is 17.4 Å². The van der Waals surface area contributed by atoms with Crippen molar-refractivity contribution in [2.24, 2.45) is 11.3 Å². The highest BCUT2D eigenvalue weighted by Gasteiger charge is 2.49. The molecule has 0 unspecified atom stereocenters. The smallest absolute Gasteiger partial charge is 0.245 e. The summed E-state index contributed by atoms with van der Waals surface area (Å²) in [6, 6.07) is 6.26. The van der Waals surface area contributed by atoms with Crippen LogP contribution in [0.2, 0.25) is 0 Å². The largest absolute Gasteiger partial charge is 0.396 e. The number of nitrogens with one attached hydrogen (secondary N) is 1.